The molecule has 1 aromatic heterocycles. The SMILES string of the molecule is C=Nc1ccc(Cn2cc(C(=O)OCC)c(C)n2)cc1C(C)(C)O.CC. The number of aliphatic hydroxyl groups is 1. The third kappa shape index (κ3) is 5.26. The van der Waals surface area contributed by atoms with Gasteiger partial charge in [0.1, 0.15) is 5.56 Å². The van der Waals surface area contributed by atoms with Crippen molar-refractivity contribution in [2.75, 3.05) is 6.61 Å². The molecular formula is C20H29N3O3. The molecule has 6 nitrogen and oxygen atoms in total. The van der Waals surface area contributed by atoms with Crippen LogP contribution in [0.3, 0.4) is 0 Å². The average molecular weight is 359 g/mol. The van der Waals surface area contributed by atoms with Crippen molar-refractivity contribution >= 4 is 18.4 Å². The predicted molar refractivity (Wildman–Crippen MR) is 104 cm³/mol. The highest BCUT2D eigenvalue weighted by molar-refractivity contribution is 5.90. The van der Waals surface area contributed by atoms with Gasteiger partial charge >= 0.3 is 5.97 Å². The first-order chi connectivity index (χ1) is 12.3. The second kappa shape index (κ2) is 9.29. The molecule has 0 radical (unpaired) electrons. The molecular weight excluding hydrogens is 330 g/mol. The number of carbonyl (C=O) groups excluding carboxylic acids is 1. The molecule has 0 saturated carbocycles. The molecule has 1 N–H and O–H groups in total. The summed E-state index contributed by atoms with van der Waals surface area (Å²) in [5.41, 5.74) is 2.35. The number of hydrogen-bond donors (Lipinski definition) is 1. The summed E-state index contributed by atoms with van der Waals surface area (Å²) in [4.78, 5) is 15.8. The molecule has 0 saturated heterocycles. The Bertz CT molecular complexity index is 758. The fourth-order valence-electron chi connectivity index (χ4n) is 2.50. The molecule has 142 valence electrons. The Hall–Kier alpha value is -2.47. The molecule has 0 amide bonds. The van der Waals surface area contributed by atoms with Gasteiger partial charge in [-0.15, -0.1) is 0 Å². The summed E-state index contributed by atoms with van der Waals surface area (Å²) in [6.45, 7) is 15.3. The van der Waals surface area contributed by atoms with Gasteiger partial charge in [-0.1, -0.05) is 19.9 Å². The molecule has 6 heteroatoms. The molecule has 1 heterocycles. The van der Waals surface area contributed by atoms with Crippen molar-refractivity contribution in [2.24, 2.45) is 4.99 Å². The van der Waals surface area contributed by atoms with E-state index in [0.29, 0.717) is 35.7 Å². The number of aliphatic imine (C=N–C) groups is 1. The third-order valence-electron chi connectivity index (χ3n) is 3.68. The highest BCUT2D eigenvalue weighted by Gasteiger charge is 2.21. The van der Waals surface area contributed by atoms with Crippen molar-refractivity contribution in [2.45, 2.75) is 53.7 Å². The molecule has 0 unspecified atom stereocenters. The molecule has 2 rings (SSSR count). The van der Waals surface area contributed by atoms with Crippen LogP contribution in [-0.4, -0.2) is 34.2 Å². The number of ether oxygens (including phenoxy) is 1. The summed E-state index contributed by atoms with van der Waals surface area (Å²) < 4.78 is 6.71. The zero-order valence-electron chi connectivity index (χ0n) is 16.5. The van der Waals surface area contributed by atoms with Crippen LogP contribution in [0.15, 0.2) is 29.4 Å². The highest BCUT2D eigenvalue weighted by atomic mass is 16.5. The zero-order valence-corrected chi connectivity index (χ0v) is 16.5. The first-order valence-electron chi connectivity index (χ1n) is 8.80. The summed E-state index contributed by atoms with van der Waals surface area (Å²) in [6, 6.07) is 5.60. The minimum atomic E-state index is -1.03. The van der Waals surface area contributed by atoms with E-state index < -0.39 is 5.60 Å². The van der Waals surface area contributed by atoms with Crippen molar-refractivity contribution in [1.29, 1.82) is 0 Å². The van der Waals surface area contributed by atoms with Crippen LogP contribution in [0.1, 0.15) is 61.8 Å². The van der Waals surface area contributed by atoms with E-state index >= 15 is 0 Å². The van der Waals surface area contributed by atoms with Crippen molar-refractivity contribution in [1.82, 2.24) is 9.78 Å². The lowest BCUT2D eigenvalue weighted by Crippen LogP contribution is -2.16. The Labute approximate surface area is 155 Å². The summed E-state index contributed by atoms with van der Waals surface area (Å²) >= 11 is 0. The van der Waals surface area contributed by atoms with Crippen LogP contribution in [0.5, 0.6) is 0 Å². The van der Waals surface area contributed by atoms with Gasteiger partial charge in [0.25, 0.3) is 0 Å². The van der Waals surface area contributed by atoms with E-state index in [9.17, 15) is 9.90 Å². The summed E-state index contributed by atoms with van der Waals surface area (Å²) in [7, 11) is 0. The average Bonchev–Trinajstić information content (AvgIpc) is 2.96. The second-order valence-electron chi connectivity index (χ2n) is 6.11. The largest absolute Gasteiger partial charge is 0.462 e. The Morgan fingerprint density at radius 2 is 2.04 bits per heavy atom. The normalized spacial score (nSPS) is 10.7. The van der Waals surface area contributed by atoms with Crippen molar-refractivity contribution in [3.8, 4) is 0 Å². The zero-order chi connectivity index (χ0) is 19.9. The van der Waals surface area contributed by atoms with Gasteiger partial charge < -0.3 is 9.84 Å². The van der Waals surface area contributed by atoms with E-state index in [-0.39, 0.29) is 5.97 Å². The smallest absolute Gasteiger partial charge is 0.341 e. The molecule has 0 spiro atoms. The lowest BCUT2D eigenvalue weighted by Gasteiger charge is -2.20. The van der Waals surface area contributed by atoms with Crippen LogP contribution < -0.4 is 0 Å². The first kappa shape index (κ1) is 21.6. The van der Waals surface area contributed by atoms with E-state index in [1.54, 1.807) is 38.6 Å². The van der Waals surface area contributed by atoms with E-state index in [1.807, 2.05) is 32.0 Å². The maximum atomic E-state index is 11.9. The van der Waals surface area contributed by atoms with Gasteiger partial charge in [0, 0.05) is 11.8 Å². The number of aryl methyl sites for hydroxylation is 1. The Morgan fingerprint density at radius 3 is 2.58 bits per heavy atom. The van der Waals surface area contributed by atoms with Gasteiger partial charge in [0.15, 0.2) is 0 Å². The van der Waals surface area contributed by atoms with E-state index in [4.69, 9.17) is 4.74 Å². The van der Waals surface area contributed by atoms with E-state index in [0.717, 1.165) is 5.56 Å². The fraction of sp³-hybridized carbons (Fsp3) is 0.450. The number of carbonyl (C=O) groups is 1. The molecule has 0 aliphatic rings. The highest BCUT2D eigenvalue weighted by Crippen LogP contribution is 2.30. The second-order valence-corrected chi connectivity index (χ2v) is 6.11. The molecule has 1 aromatic carbocycles. The monoisotopic (exact) mass is 359 g/mol. The van der Waals surface area contributed by atoms with Gasteiger partial charge in [0.2, 0.25) is 0 Å². The Balaban J connectivity index is 0.00000163. The maximum Gasteiger partial charge on any atom is 0.341 e. The third-order valence-corrected chi connectivity index (χ3v) is 3.68. The van der Waals surface area contributed by atoms with Crippen LogP contribution in [0.25, 0.3) is 0 Å². The van der Waals surface area contributed by atoms with E-state index in [1.165, 1.54) is 0 Å². The van der Waals surface area contributed by atoms with Gasteiger partial charge in [-0.2, -0.15) is 5.10 Å². The van der Waals surface area contributed by atoms with Crippen molar-refractivity contribution in [3.63, 3.8) is 0 Å². The van der Waals surface area contributed by atoms with Gasteiger partial charge in [-0.3, -0.25) is 9.67 Å². The maximum absolute atomic E-state index is 11.9. The summed E-state index contributed by atoms with van der Waals surface area (Å²) in [6.07, 6.45) is 1.68. The number of benzene rings is 1. The Morgan fingerprint density at radius 1 is 1.38 bits per heavy atom. The predicted octanol–water partition coefficient (Wildman–Crippen LogP) is 4.00. The fourth-order valence-corrected chi connectivity index (χ4v) is 2.50. The molecule has 0 fully saturated rings. The minimum Gasteiger partial charge on any atom is -0.462 e. The van der Waals surface area contributed by atoms with Gasteiger partial charge in [0.05, 0.1) is 30.1 Å². The number of esters is 1. The van der Waals surface area contributed by atoms with Crippen LogP contribution in [0.2, 0.25) is 0 Å². The molecule has 0 bridgehead atoms. The van der Waals surface area contributed by atoms with Gasteiger partial charge in [-0.05, 0) is 52.1 Å². The van der Waals surface area contributed by atoms with Crippen LogP contribution in [0.4, 0.5) is 5.69 Å². The van der Waals surface area contributed by atoms with Gasteiger partial charge in [-0.25, -0.2) is 4.79 Å². The molecule has 0 aliphatic heterocycles. The molecule has 0 atom stereocenters. The number of hydrogen-bond acceptors (Lipinski definition) is 5. The molecule has 2 aromatic rings. The summed E-state index contributed by atoms with van der Waals surface area (Å²) in [5, 5.41) is 14.7. The minimum absolute atomic E-state index is 0.328. The quantitative estimate of drug-likeness (QED) is 0.625. The molecule has 26 heavy (non-hydrogen) atoms. The number of aromatic nitrogens is 2. The topological polar surface area (TPSA) is 76.7 Å². The first-order valence-corrected chi connectivity index (χ1v) is 8.80. The van der Waals surface area contributed by atoms with Crippen LogP contribution >= 0.6 is 0 Å². The van der Waals surface area contributed by atoms with Crippen molar-refractivity contribution in [3.05, 3.63) is 46.8 Å². The Kier molecular flexibility index (Phi) is 7.71. The van der Waals surface area contributed by atoms with E-state index in [2.05, 4.69) is 16.8 Å². The lowest BCUT2D eigenvalue weighted by molar-refractivity contribution is 0.0525. The number of nitrogens with zero attached hydrogens (tertiary/aromatic N) is 3. The molecule has 0 aliphatic carbocycles. The van der Waals surface area contributed by atoms with Crippen LogP contribution in [-0.2, 0) is 16.9 Å². The lowest BCUT2D eigenvalue weighted by atomic mass is 9.94. The van der Waals surface area contributed by atoms with Crippen LogP contribution in [0, 0.1) is 6.92 Å². The number of rotatable bonds is 6. The summed E-state index contributed by atoms with van der Waals surface area (Å²) in [5.74, 6) is -0.371. The van der Waals surface area contributed by atoms with Crippen molar-refractivity contribution < 1.29 is 14.6 Å². The standard InChI is InChI=1S/C18H23N3O3.C2H6/c1-6-24-17(22)14-11-21(20-12(14)2)10-13-7-8-16(19-5)15(9-13)18(3,4)23;1-2/h7-9,11,23H,5-6,10H2,1-4H3;1-2H3.